The number of likely N-dealkylation sites (N-methyl/N-ethyl adjacent to an activating group) is 2. The van der Waals surface area contributed by atoms with E-state index in [-0.39, 0.29) is 44.1 Å². The Morgan fingerprint density at radius 3 is 2.13 bits per heavy atom. The molecular formula is C50H78N6O13. The predicted molar refractivity (Wildman–Crippen MR) is 255 cm³/mol. The Bertz CT molecular complexity index is 1960. The van der Waals surface area contributed by atoms with Crippen LogP contribution >= 0.6 is 0 Å². The molecule has 19 nitrogen and oxygen atoms in total. The Morgan fingerprint density at radius 1 is 0.942 bits per heavy atom. The van der Waals surface area contributed by atoms with Gasteiger partial charge in [-0.1, -0.05) is 73.9 Å². The summed E-state index contributed by atoms with van der Waals surface area (Å²) in [5.41, 5.74) is 0.602. The van der Waals surface area contributed by atoms with Crippen molar-refractivity contribution in [2.45, 2.75) is 169 Å². The molecule has 1 aromatic carbocycles. The normalized spacial score (nSPS) is 27.3. The van der Waals surface area contributed by atoms with Gasteiger partial charge in [0, 0.05) is 27.1 Å². The lowest BCUT2D eigenvalue weighted by molar-refractivity contribution is -0.163. The fourth-order valence-electron chi connectivity index (χ4n) is 8.69. The number of methoxy groups -OCH3 is 1. The Morgan fingerprint density at radius 2 is 1.58 bits per heavy atom. The van der Waals surface area contributed by atoms with Gasteiger partial charge in [-0.25, -0.2) is 4.79 Å². The van der Waals surface area contributed by atoms with Gasteiger partial charge in [0.1, 0.15) is 42.1 Å². The van der Waals surface area contributed by atoms with Crippen molar-refractivity contribution in [3.8, 4) is 5.75 Å². The van der Waals surface area contributed by atoms with Gasteiger partial charge in [0.05, 0.1) is 31.6 Å². The lowest BCUT2D eigenvalue weighted by Crippen LogP contribution is -2.61. The molecule has 4 N–H and O–H groups in total. The number of amides is 6. The van der Waals surface area contributed by atoms with Crippen molar-refractivity contribution < 1.29 is 62.5 Å². The van der Waals surface area contributed by atoms with Gasteiger partial charge in [-0.3, -0.25) is 38.4 Å². The molecule has 2 fully saturated rings. The summed E-state index contributed by atoms with van der Waals surface area (Å²) >= 11 is 0. The van der Waals surface area contributed by atoms with Crippen molar-refractivity contribution in [2.75, 3.05) is 27.7 Å². The van der Waals surface area contributed by atoms with E-state index in [1.165, 1.54) is 44.9 Å². The molecule has 0 unspecified atom stereocenters. The van der Waals surface area contributed by atoms with Gasteiger partial charge in [0.2, 0.25) is 35.9 Å². The van der Waals surface area contributed by atoms with Gasteiger partial charge in [0.15, 0.2) is 11.9 Å². The number of aliphatic hydroxyl groups excluding tert-OH is 1. The van der Waals surface area contributed by atoms with E-state index in [2.05, 4.69) is 16.0 Å². The fourth-order valence-corrected chi connectivity index (χ4v) is 8.69. The highest BCUT2D eigenvalue weighted by Crippen LogP contribution is 2.26. The van der Waals surface area contributed by atoms with Gasteiger partial charge in [-0.2, -0.15) is 0 Å². The van der Waals surface area contributed by atoms with Gasteiger partial charge in [0.25, 0.3) is 0 Å². The molecule has 0 radical (unpaired) electrons. The van der Waals surface area contributed by atoms with E-state index >= 15 is 0 Å². The smallest absolute Gasteiger partial charge is 0.329 e. The monoisotopic (exact) mass is 971 g/mol. The molecule has 11 atom stereocenters. The molecule has 19 heteroatoms. The number of hydrogen-bond donors (Lipinski definition) is 4. The van der Waals surface area contributed by atoms with Crippen LogP contribution in [-0.4, -0.2) is 156 Å². The zero-order valence-electron chi connectivity index (χ0n) is 42.8. The van der Waals surface area contributed by atoms with E-state index in [0.29, 0.717) is 30.6 Å². The van der Waals surface area contributed by atoms with Crippen molar-refractivity contribution in [3.05, 3.63) is 29.8 Å². The van der Waals surface area contributed by atoms with E-state index in [9.17, 15) is 48.3 Å². The molecule has 2 saturated heterocycles. The number of esters is 2. The lowest BCUT2D eigenvalue weighted by atomic mass is 9.91. The molecule has 6 amide bonds. The third-order valence-corrected chi connectivity index (χ3v) is 13.1. The van der Waals surface area contributed by atoms with E-state index in [1.54, 1.807) is 52.0 Å². The fraction of sp³-hybridized carbons (Fsp3) is 0.700. The summed E-state index contributed by atoms with van der Waals surface area (Å²) in [5.74, 6) is -8.41. The number of cyclic esters (lactones) is 2. The minimum atomic E-state index is -1.65. The molecule has 2 aliphatic rings. The Hall–Kier alpha value is -5.59. The maximum absolute atomic E-state index is 14.7. The molecule has 3 rings (SSSR count). The first-order chi connectivity index (χ1) is 32.4. The number of Topliss-reactive ketones (excluding diaryl/α,β-unsaturated/α-hetero) is 1. The van der Waals surface area contributed by atoms with E-state index in [1.807, 2.05) is 27.7 Å². The van der Waals surface area contributed by atoms with Crippen molar-refractivity contribution in [1.82, 2.24) is 30.7 Å². The summed E-state index contributed by atoms with van der Waals surface area (Å²) in [6, 6.07) is -0.622. The van der Waals surface area contributed by atoms with Crippen LogP contribution in [0.15, 0.2) is 24.3 Å². The van der Waals surface area contributed by atoms with Gasteiger partial charge < -0.3 is 50.0 Å². The zero-order valence-corrected chi connectivity index (χ0v) is 42.8. The molecule has 1 aromatic rings. The average molecular weight is 971 g/mol. The Labute approximate surface area is 407 Å². The molecule has 0 bridgehead atoms. The second kappa shape index (κ2) is 26.4. The molecule has 0 spiro atoms. The second-order valence-electron chi connectivity index (χ2n) is 19.9. The average Bonchev–Trinajstić information content (AvgIpc) is 3.80. The number of nitrogens with zero attached hydrogens (tertiary/aromatic N) is 3. The number of fused-ring (bicyclic) bond motifs is 1. The summed E-state index contributed by atoms with van der Waals surface area (Å²) in [6.07, 6.45) is -3.34. The highest BCUT2D eigenvalue weighted by Gasteiger charge is 2.44. The number of nitrogens with one attached hydrogen (secondary N) is 3. The highest BCUT2D eigenvalue weighted by atomic mass is 16.6. The maximum Gasteiger partial charge on any atom is 0.329 e. The molecule has 2 heterocycles. The number of benzene rings is 1. The maximum atomic E-state index is 14.7. The number of ketones is 1. The van der Waals surface area contributed by atoms with Crippen LogP contribution in [0.3, 0.4) is 0 Å². The third-order valence-electron chi connectivity index (χ3n) is 13.1. The summed E-state index contributed by atoms with van der Waals surface area (Å²) in [5, 5.41) is 19.8. The SMILES string of the molecule is CC[C@H](C)[C@@H]1NC(=O)[C@@H](NC(=O)[C@@H](CC(C)C)N(C)C=O)[C@H](C)OC(=O)[C@H](Cc2ccc(OC)cc2)N(C)C(=O)[C@@H]2CCCN2C(=O)[C@@H](CC(C)C)NC(=O)[C@@H](C)C(=O)[C@@H](C(C)C)OC(=O)C[C@H]1O. The van der Waals surface area contributed by atoms with Crippen LogP contribution in [0.4, 0.5) is 0 Å². The number of carbonyl (C=O) groups is 9. The number of rotatable bonds is 14. The lowest BCUT2D eigenvalue weighted by Gasteiger charge is -2.35. The topological polar surface area (TPSA) is 247 Å². The van der Waals surface area contributed by atoms with Gasteiger partial charge >= 0.3 is 11.9 Å². The first-order valence-electron chi connectivity index (χ1n) is 24.3. The highest BCUT2D eigenvalue weighted by molar-refractivity contribution is 6.05. The van der Waals surface area contributed by atoms with Crippen LogP contribution < -0.4 is 20.7 Å². The van der Waals surface area contributed by atoms with Crippen molar-refractivity contribution in [1.29, 1.82) is 0 Å². The first kappa shape index (κ1) is 57.7. The summed E-state index contributed by atoms with van der Waals surface area (Å²) < 4.78 is 17.1. The summed E-state index contributed by atoms with van der Waals surface area (Å²) in [7, 11) is 4.33. The summed E-state index contributed by atoms with van der Waals surface area (Å²) in [6.45, 7) is 17.1. The van der Waals surface area contributed by atoms with Crippen molar-refractivity contribution in [3.63, 3.8) is 0 Å². The molecular weight excluding hydrogens is 893 g/mol. The largest absolute Gasteiger partial charge is 0.497 e. The van der Waals surface area contributed by atoms with Crippen molar-refractivity contribution >= 4 is 53.7 Å². The molecule has 0 aromatic heterocycles. The second-order valence-corrected chi connectivity index (χ2v) is 19.9. The molecule has 0 aliphatic carbocycles. The molecule has 69 heavy (non-hydrogen) atoms. The molecule has 386 valence electrons. The third kappa shape index (κ3) is 15.7. The molecule has 2 aliphatic heterocycles. The number of aliphatic hydroxyl groups is 1. The van der Waals surface area contributed by atoms with Crippen LogP contribution in [0.25, 0.3) is 0 Å². The predicted octanol–water partition coefficient (Wildman–Crippen LogP) is 2.57. The van der Waals surface area contributed by atoms with Crippen LogP contribution in [0, 0.1) is 29.6 Å². The molecule has 0 saturated carbocycles. The quantitative estimate of drug-likeness (QED) is 0.119. The number of hydrogen-bond acceptors (Lipinski definition) is 13. The van der Waals surface area contributed by atoms with Gasteiger partial charge in [-0.05, 0) is 80.9 Å². The van der Waals surface area contributed by atoms with Crippen molar-refractivity contribution in [2.24, 2.45) is 29.6 Å². The van der Waals surface area contributed by atoms with Crippen LogP contribution in [0.1, 0.15) is 113 Å². The van der Waals surface area contributed by atoms with Gasteiger partial charge in [-0.15, -0.1) is 0 Å². The minimum absolute atomic E-state index is 0.0710. The number of carbonyl (C=O) groups excluding carboxylic acids is 9. The van der Waals surface area contributed by atoms with E-state index < -0.39 is 126 Å². The van der Waals surface area contributed by atoms with Crippen LogP contribution in [-0.2, 0) is 59.0 Å². The Kier molecular flexibility index (Phi) is 22.1. The standard InChI is InChI=1S/C50H78N6O13/c1-14-30(8)41-39(58)25-40(59)69-44(29(6)7)43(60)31(9)45(61)51-35(22-27(2)3)48(64)56-21-15-16-36(56)49(65)55(12)38(24-33-17-19-34(67-13)20-18-33)50(66)68-32(10)42(47(63)52-41)53-46(62)37(23-28(4)5)54(11)26-57/h17-20,26-32,35-39,41-42,44,58H,14-16,21-25H2,1-13H3,(H,51,61)(H,52,63)(H,53,62)/t30-,31-,32-,35+,36-,37+,38-,39+,41-,42-,44+/m0/s1. The minimum Gasteiger partial charge on any atom is -0.497 e. The Balaban J connectivity index is 2.26. The van der Waals surface area contributed by atoms with Crippen LogP contribution in [0.2, 0.25) is 0 Å². The summed E-state index contributed by atoms with van der Waals surface area (Å²) in [4.78, 5) is 130. The van der Waals surface area contributed by atoms with E-state index in [0.717, 1.165) is 4.90 Å². The van der Waals surface area contributed by atoms with Crippen LogP contribution in [0.5, 0.6) is 5.75 Å². The number of ether oxygens (including phenoxy) is 3. The van der Waals surface area contributed by atoms with E-state index in [4.69, 9.17) is 14.2 Å². The zero-order chi connectivity index (χ0) is 52.0. The first-order valence-corrected chi connectivity index (χ1v) is 24.3.